The molecule has 4 nitrogen and oxygen atoms in total. The molecule has 20 heavy (non-hydrogen) atoms. The molecule has 1 aromatic carbocycles. The van der Waals surface area contributed by atoms with Gasteiger partial charge in [-0.1, -0.05) is 19.9 Å². The van der Waals surface area contributed by atoms with Crippen LogP contribution >= 0.6 is 0 Å². The summed E-state index contributed by atoms with van der Waals surface area (Å²) in [4.78, 5) is 12.1. The smallest absolute Gasteiger partial charge is 0.251 e. The molecule has 1 aromatic rings. The average molecular weight is 276 g/mol. The van der Waals surface area contributed by atoms with Crippen LogP contribution in [0.25, 0.3) is 0 Å². The monoisotopic (exact) mass is 276 g/mol. The van der Waals surface area contributed by atoms with Crippen LogP contribution in [0.3, 0.4) is 0 Å². The molecule has 1 saturated heterocycles. The molecule has 2 rings (SSSR count). The molecule has 1 amide bonds. The normalized spacial score (nSPS) is 18.2. The fourth-order valence-corrected chi connectivity index (χ4v) is 2.24. The molecule has 1 unspecified atom stereocenters. The molecular formula is C16H24N2O2. The van der Waals surface area contributed by atoms with Gasteiger partial charge >= 0.3 is 0 Å². The second kappa shape index (κ2) is 7.29. The van der Waals surface area contributed by atoms with Crippen LogP contribution in [0.15, 0.2) is 24.3 Å². The number of rotatable bonds is 6. The van der Waals surface area contributed by atoms with Crippen molar-refractivity contribution < 1.29 is 9.53 Å². The fraction of sp³-hybridized carbons (Fsp3) is 0.562. The molecule has 1 atom stereocenters. The molecule has 0 spiro atoms. The van der Waals surface area contributed by atoms with Crippen LogP contribution in [-0.2, 0) is 0 Å². The molecule has 1 aliphatic rings. The first-order chi connectivity index (χ1) is 9.65. The molecule has 4 heteroatoms. The van der Waals surface area contributed by atoms with Gasteiger partial charge in [0.15, 0.2) is 0 Å². The lowest BCUT2D eigenvalue weighted by Gasteiger charge is -2.12. The van der Waals surface area contributed by atoms with Gasteiger partial charge in [-0.05, 0) is 43.5 Å². The van der Waals surface area contributed by atoms with Gasteiger partial charge in [0.1, 0.15) is 5.75 Å². The minimum absolute atomic E-state index is 0.0336. The van der Waals surface area contributed by atoms with Crippen LogP contribution in [0.4, 0.5) is 0 Å². The highest BCUT2D eigenvalue weighted by Gasteiger charge is 2.15. The first kappa shape index (κ1) is 14.9. The fourth-order valence-electron chi connectivity index (χ4n) is 2.24. The largest absolute Gasteiger partial charge is 0.493 e. The Bertz CT molecular complexity index is 440. The van der Waals surface area contributed by atoms with E-state index in [1.807, 2.05) is 18.2 Å². The number of carbonyl (C=O) groups is 1. The van der Waals surface area contributed by atoms with E-state index in [4.69, 9.17) is 4.74 Å². The maximum absolute atomic E-state index is 12.1. The quantitative estimate of drug-likeness (QED) is 0.837. The Kier molecular flexibility index (Phi) is 5.41. The molecular weight excluding hydrogens is 252 g/mol. The Morgan fingerprint density at radius 1 is 1.50 bits per heavy atom. The summed E-state index contributed by atoms with van der Waals surface area (Å²) in [6.45, 7) is 6.61. The number of amides is 1. The summed E-state index contributed by atoms with van der Waals surface area (Å²) in [6, 6.07) is 7.79. The molecule has 2 N–H and O–H groups in total. The van der Waals surface area contributed by atoms with Crippen LogP contribution in [0.2, 0.25) is 0 Å². The standard InChI is InChI=1S/C16H24N2O2/c1-12(2)11-20-15-7-3-5-13(9-15)16(19)18-10-14-6-4-8-17-14/h3,5,7,9,12,14,17H,4,6,8,10-11H2,1-2H3,(H,18,19). The second-order valence-corrected chi connectivity index (χ2v) is 5.74. The topological polar surface area (TPSA) is 50.4 Å². The van der Waals surface area contributed by atoms with E-state index in [0.29, 0.717) is 30.7 Å². The van der Waals surface area contributed by atoms with Crippen molar-refractivity contribution in [3.05, 3.63) is 29.8 Å². The molecule has 1 heterocycles. The number of hydrogen-bond donors (Lipinski definition) is 2. The van der Waals surface area contributed by atoms with Crippen molar-refractivity contribution >= 4 is 5.91 Å². The van der Waals surface area contributed by atoms with Crippen molar-refractivity contribution in [2.45, 2.75) is 32.7 Å². The van der Waals surface area contributed by atoms with E-state index in [1.54, 1.807) is 6.07 Å². The summed E-state index contributed by atoms with van der Waals surface area (Å²) in [5, 5.41) is 6.34. The van der Waals surface area contributed by atoms with E-state index >= 15 is 0 Å². The number of ether oxygens (including phenoxy) is 1. The Morgan fingerprint density at radius 2 is 2.35 bits per heavy atom. The molecule has 0 radical (unpaired) electrons. The van der Waals surface area contributed by atoms with Crippen molar-refractivity contribution in [2.24, 2.45) is 5.92 Å². The first-order valence-electron chi connectivity index (χ1n) is 7.39. The van der Waals surface area contributed by atoms with E-state index in [-0.39, 0.29) is 5.91 Å². The summed E-state index contributed by atoms with van der Waals surface area (Å²) in [5.41, 5.74) is 0.657. The van der Waals surface area contributed by atoms with E-state index in [2.05, 4.69) is 24.5 Å². The highest BCUT2D eigenvalue weighted by atomic mass is 16.5. The van der Waals surface area contributed by atoms with E-state index < -0.39 is 0 Å². The van der Waals surface area contributed by atoms with Gasteiger partial charge in [-0.25, -0.2) is 0 Å². The highest BCUT2D eigenvalue weighted by Crippen LogP contribution is 2.14. The molecule has 0 bridgehead atoms. The molecule has 1 fully saturated rings. The zero-order valence-electron chi connectivity index (χ0n) is 12.3. The number of benzene rings is 1. The van der Waals surface area contributed by atoms with E-state index in [9.17, 15) is 4.79 Å². The Hall–Kier alpha value is -1.55. The average Bonchev–Trinajstić information content (AvgIpc) is 2.96. The lowest BCUT2D eigenvalue weighted by molar-refractivity contribution is 0.0950. The Morgan fingerprint density at radius 3 is 3.05 bits per heavy atom. The van der Waals surface area contributed by atoms with E-state index in [1.165, 1.54) is 6.42 Å². The van der Waals surface area contributed by atoms with Crippen LogP contribution < -0.4 is 15.4 Å². The van der Waals surface area contributed by atoms with Gasteiger partial charge < -0.3 is 15.4 Å². The SMILES string of the molecule is CC(C)COc1cccc(C(=O)NCC2CCCN2)c1. The zero-order valence-corrected chi connectivity index (χ0v) is 12.3. The third-order valence-electron chi connectivity index (χ3n) is 3.35. The summed E-state index contributed by atoms with van der Waals surface area (Å²) < 4.78 is 5.64. The summed E-state index contributed by atoms with van der Waals surface area (Å²) in [5.74, 6) is 1.19. The Labute approximate surface area is 120 Å². The predicted molar refractivity (Wildman–Crippen MR) is 80.1 cm³/mol. The minimum atomic E-state index is -0.0336. The van der Waals surface area contributed by atoms with Gasteiger partial charge in [-0.15, -0.1) is 0 Å². The number of nitrogens with one attached hydrogen (secondary N) is 2. The van der Waals surface area contributed by atoms with Gasteiger partial charge in [0.2, 0.25) is 0 Å². The molecule has 0 aromatic heterocycles. The van der Waals surface area contributed by atoms with Crippen LogP contribution in [-0.4, -0.2) is 31.6 Å². The van der Waals surface area contributed by atoms with Crippen molar-refractivity contribution in [1.82, 2.24) is 10.6 Å². The van der Waals surface area contributed by atoms with Gasteiger partial charge in [0.05, 0.1) is 6.61 Å². The van der Waals surface area contributed by atoms with Crippen molar-refractivity contribution in [3.8, 4) is 5.75 Å². The lowest BCUT2D eigenvalue weighted by Crippen LogP contribution is -2.37. The Balaban J connectivity index is 1.86. The maximum Gasteiger partial charge on any atom is 0.251 e. The van der Waals surface area contributed by atoms with E-state index in [0.717, 1.165) is 18.7 Å². The first-order valence-corrected chi connectivity index (χ1v) is 7.39. The summed E-state index contributed by atoms with van der Waals surface area (Å²) in [7, 11) is 0. The molecule has 1 aliphatic heterocycles. The predicted octanol–water partition coefficient (Wildman–Crippen LogP) is 2.20. The lowest BCUT2D eigenvalue weighted by atomic mass is 10.2. The maximum atomic E-state index is 12.1. The van der Waals surface area contributed by atoms with Gasteiger partial charge in [-0.2, -0.15) is 0 Å². The van der Waals surface area contributed by atoms with Crippen molar-refractivity contribution in [2.75, 3.05) is 19.7 Å². The summed E-state index contributed by atoms with van der Waals surface area (Å²) in [6.07, 6.45) is 2.33. The van der Waals surface area contributed by atoms with Crippen LogP contribution in [0.5, 0.6) is 5.75 Å². The third kappa shape index (κ3) is 4.53. The second-order valence-electron chi connectivity index (χ2n) is 5.74. The van der Waals surface area contributed by atoms with Crippen LogP contribution in [0, 0.1) is 5.92 Å². The minimum Gasteiger partial charge on any atom is -0.493 e. The number of carbonyl (C=O) groups excluding carboxylic acids is 1. The van der Waals surface area contributed by atoms with Crippen molar-refractivity contribution in [1.29, 1.82) is 0 Å². The molecule has 0 aliphatic carbocycles. The van der Waals surface area contributed by atoms with Crippen molar-refractivity contribution in [3.63, 3.8) is 0 Å². The third-order valence-corrected chi connectivity index (χ3v) is 3.35. The van der Waals surface area contributed by atoms with Gasteiger partial charge in [-0.3, -0.25) is 4.79 Å². The summed E-state index contributed by atoms with van der Waals surface area (Å²) >= 11 is 0. The molecule has 0 saturated carbocycles. The van der Waals surface area contributed by atoms with Gasteiger partial charge in [0.25, 0.3) is 5.91 Å². The zero-order chi connectivity index (χ0) is 14.4. The number of hydrogen-bond acceptors (Lipinski definition) is 3. The molecule has 110 valence electrons. The van der Waals surface area contributed by atoms with Gasteiger partial charge in [0, 0.05) is 18.2 Å². The van der Waals surface area contributed by atoms with Crippen LogP contribution in [0.1, 0.15) is 37.0 Å². The highest BCUT2D eigenvalue weighted by molar-refractivity contribution is 5.94.